The highest BCUT2D eigenvalue weighted by Gasteiger charge is 2.29. The molecule has 0 radical (unpaired) electrons. The molecule has 0 bridgehead atoms. The Kier molecular flexibility index (Phi) is 7.34. The number of hydrogen-bond acceptors (Lipinski definition) is 3. The standard InChI is InChI=1S/C18H32N4S/c1-5-14(6-2)15-9-11-22(13-15)18(19-4)20-10-8-17-21-12-16(7-3)23-17/h12,14-15H,5-11,13H2,1-4H3,(H,19,20). The maximum atomic E-state index is 4.49. The summed E-state index contributed by atoms with van der Waals surface area (Å²) in [7, 11) is 1.89. The fraction of sp³-hybridized carbons (Fsp3) is 0.778. The molecule has 4 nitrogen and oxygen atoms in total. The number of aryl methyl sites for hydroxylation is 1. The average Bonchev–Trinajstić information content (AvgIpc) is 3.22. The number of guanidine groups is 1. The molecule has 1 unspecified atom stereocenters. The van der Waals surface area contributed by atoms with Crippen LogP contribution in [0.3, 0.4) is 0 Å². The molecule has 0 aromatic carbocycles. The van der Waals surface area contributed by atoms with E-state index in [9.17, 15) is 0 Å². The molecule has 1 fully saturated rings. The third-order valence-electron chi connectivity index (χ3n) is 5.02. The second kappa shape index (κ2) is 9.26. The van der Waals surface area contributed by atoms with Crippen molar-refractivity contribution in [3.8, 4) is 0 Å². The van der Waals surface area contributed by atoms with Gasteiger partial charge in [0.05, 0.1) is 5.01 Å². The Morgan fingerprint density at radius 3 is 2.83 bits per heavy atom. The SMILES string of the molecule is CCc1cnc(CCNC(=NC)N2CCC(C(CC)CC)C2)s1. The minimum Gasteiger partial charge on any atom is -0.356 e. The number of hydrogen-bond donors (Lipinski definition) is 1. The molecule has 0 spiro atoms. The second-order valence-electron chi connectivity index (χ2n) is 6.37. The molecule has 1 atom stereocenters. The van der Waals surface area contributed by atoms with Crippen LogP contribution in [-0.2, 0) is 12.8 Å². The van der Waals surface area contributed by atoms with Crippen molar-refractivity contribution in [2.75, 3.05) is 26.7 Å². The van der Waals surface area contributed by atoms with E-state index < -0.39 is 0 Å². The van der Waals surface area contributed by atoms with Crippen LogP contribution in [0.1, 0.15) is 49.9 Å². The number of aromatic nitrogens is 1. The predicted molar refractivity (Wildman–Crippen MR) is 100 cm³/mol. The summed E-state index contributed by atoms with van der Waals surface area (Å²) in [5.41, 5.74) is 0. The number of nitrogens with zero attached hydrogens (tertiary/aromatic N) is 3. The van der Waals surface area contributed by atoms with Gasteiger partial charge in [-0.3, -0.25) is 4.99 Å². The van der Waals surface area contributed by atoms with Gasteiger partial charge in [-0.2, -0.15) is 0 Å². The van der Waals surface area contributed by atoms with Crippen molar-refractivity contribution in [1.82, 2.24) is 15.2 Å². The fourth-order valence-corrected chi connectivity index (χ4v) is 4.42. The van der Waals surface area contributed by atoms with Gasteiger partial charge in [0.1, 0.15) is 0 Å². The molecule has 1 aliphatic rings. The molecule has 0 amide bonds. The predicted octanol–water partition coefficient (Wildman–Crippen LogP) is 3.58. The van der Waals surface area contributed by atoms with Gasteiger partial charge in [-0.05, 0) is 24.7 Å². The molecule has 5 heteroatoms. The number of thiazole rings is 1. The van der Waals surface area contributed by atoms with Crippen LogP contribution >= 0.6 is 11.3 Å². The lowest BCUT2D eigenvalue weighted by Crippen LogP contribution is -2.41. The highest BCUT2D eigenvalue weighted by atomic mass is 32.1. The highest BCUT2D eigenvalue weighted by Crippen LogP contribution is 2.28. The number of nitrogens with one attached hydrogen (secondary N) is 1. The highest BCUT2D eigenvalue weighted by molar-refractivity contribution is 7.11. The van der Waals surface area contributed by atoms with Crippen molar-refractivity contribution >= 4 is 17.3 Å². The van der Waals surface area contributed by atoms with Gasteiger partial charge in [-0.25, -0.2) is 4.98 Å². The van der Waals surface area contributed by atoms with Crippen molar-refractivity contribution in [3.63, 3.8) is 0 Å². The Morgan fingerprint density at radius 2 is 2.22 bits per heavy atom. The average molecular weight is 337 g/mol. The maximum absolute atomic E-state index is 4.49. The summed E-state index contributed by atoms with van der Waals surface area (Å²) in [4.78, 5) is 12.8. The van der Waals surface area contributed by atoms with E-state index in [1.54, 1.807) is 0 Å². The topological polar surface area (TPSA) is 40.5 Å². The van der Waals surface area contributed by atoms with Gasteiger partial charge >= 0.3 is 0 Å². The van der Waals surface area contributed by atoms with Crippen molar-refractivity contribution in [1.29, 1.82) is 0 Å². The van der Waals surface area contributed by atoms with E-state index in [2.05, 4.69) is 41.0 Å². The number of aliphatic imine (C=N–C) groups is 1. The number of rotatable bonds is 7. The molecule has 130 valence electrons. The Bertz CT molecular complexity index is 493. The fourth-order valence-electron chi connectivity index (χ4n) is 3.56. The summed E-state index contributed by atoms with van der Waals surface area (Å²) in [6.45, 7) is 10.0. The van der Waals surface area contributed by atoms with Crippen LogP contribution in [0.15, 0.2) is 11.2 Å². The summed E-state index contributed by atoms with van der Waals surface area (Å²) < 4.78 is 0. The van der Waals surface area contributed by atoms with E-state index >= 15 is 0 Å². The van der Waals surface area contributed by atoms with Crippen LogP contribution in [0, 0.1) is 11.8 Å². The first kappa shape index (κ1) is 18.2. The molecular formula is C18H32N4S. The van der Waals surface area contributed by atoms with Crippen molar-refractivity contribution in [3.05, 3.63) is 16.1 Å². The molecule has 2 rings (SSSR count). The number of likely N-dealkylation sites (tertiary alicyclic amines) is 1. The van der Waals surface area contributed by atoms with Gasteiger partial charge in [-0.15, -0.1) is 11.3 Å². The molecule has 0 aliphatic carbocycles. The quantitative estimate of drug-likeness (QED) is 0.611. The first-order chi connectivity index (χ1) is 11.2. The van der Waals surface area contributed by atoms with Crippen LogP contribution in [-0.4, -0.2) is 42.5 Å². The summed E-state index contributed by atoms with van der Waals surface area (Å²) in [6.07, 6.45) is 7.97. The summed E-state index contributed by atoms with van der Waals surface area (Å²) in [5, 5.41) is 4.75. The molecule has 1 N–H and O–H groups in total. The summed E-state index contributed by atoms with van der Waals surface area (Å²) in [6, 6.07) is 0. The Hall–Kier alpha value is -1.10. The van der Waals surface area contributed by atoms with Crippen LogP contribution in [0.2, 0.25) is 0 Å². The third-order valence-corrected chi connectivity index (χ3v) is 6.22. The molecule has 1 aliphatic heterocycles. The monoisotopic (exact) mass is 336 g/mol. The second-order valence-corrected chi connectivity index (χ2v) is 7.57. The zero-order valence-corrected chi connectivity index (χ0v) is 16.0. The lowest BCUT2D eigenvalue weighted by molar-refractivity contribution is 0.319. The Morgan fingerprint density at radius 1 is 1.43 bits per heavy atom. The van der Waals surface area contributed by atoms with E-state index in [1.807, 2.05) is 24.6 Å². The smallest absolute Gasteiger partial charge is 0.193 e. The van der Waals surface area contributed by atoms with Crippen molar-refractivity contribution < 1.29 is 0 Å². The third kappa shape index (κ3) is 4.93. The van der Waals surface area contributed by atoms with Gasteiger partial charge in [-0.1, -0.05) is 33.6 Å². The first-order valence-corrected chi connectivity index (χ1v) is 9.92. The lowest BCUT2D eigenvalue weighted by atomic mass is 9.87. The van der Waals surface area contributed by atoms with Crippen LogP contribution < -0.4 is 5.32 Å². The van der Waals surface area contributed by atoms with Crippen molar-refractivity contribution in [2.45, 2.75) is 52.9 Å². The van der Waals surface area contributed by atoms with Gasteiger partial charge in [0.15, 0.2) is 5.96 Å². The first-order valence-electron chi connectivity index (χ1n) is 9.10. The molecule has 1 saturated heterocycles. The van der Waals surface area contributed by atoms with Gasteiger partial charge in [0.2, 0.25) is 0 Å². The zero-order valence-electron chi connectivity index (χ0n) is 15.1. The van der Waals surface area contributed by atoms with Gasteiger partial charge in [0.25, 0.3) is 0 Å². The normalized spacial score (nSPS) is 18.9. The zero-order chi connectivity index (χ0) is 16.7. The van der Waals surface area contributed by atoms with E-state index in [0.29, 0.717) is 0 Å². The van der Waals surface area contributed by atoms with E-state index in [4.69, 9.17) is 0 Å². The lowest BCUT2D eigenvalue weighted by Gasteiger charge is -2.24. The van der Waals surface area contributed by atoms with E-state index in [1.165, 1.54) is 29.1 Å². The van der Waals surface area contributed by atoms with Crippen LogP contribution in [0.5, 0.6) is 0 Å². The Labute approximate surface area is 145 Å². The Balaban J connectivity index is 1.79. The minimum absolute atomic E-state index is 0.828. The largest absolute Gasteiger partial charge is 0.356 e. The van der Waals surface area contributed by atoms with Crippen LogP contribution in [0.25, 0.3) is 0 Å². The molecular weight excluding hydrogens is 304 g/mol. The van der Waals surface area contributed by atoms with Crippen LogP contribution in [0.4, 0.5) is 0 Å². The van der Waals surface area contributed by atoms with Gasteiger partial charge in [0, 0.05) is 44.2 Å². The van der Waals surface area contributed by atoms with E-state index in [-0.39, 0.29) is 0 Å². The maximum Gasteiger partial charge on any atom is 0.193 e. The molecule has 1 aromatic rings. The molecule has 23 heavy (non-hydrogen) atoms. The molecule has 2 heterocycles. The minimum atomic E-state index is 0.828. The van der Waals surface area contributed by atoms with Gasteiger partial charge < -0.3 is 10.2 Å². The van der Waals surface area contributed by atoms with Crippen molar-refractivity contribution in [2.24, 2.45) is 16.8 Å². The molecule has 1 aromatic heterocycles. The summed E-state index contributed by atoms with van der Waals surface area (Å²) >= 11 is 1.83. The summed E-state index contributed by atoms with van der Waals surface area (Å²) in [5.74, 6) is 2.75. The van der Waals surface area contributed by atoms with E-state index in [0.717, 1.165) is 50.3 Å². The molecule has 0 saturated carbocycles.